The highest BCUT2D eigenvalue weighted by molar-refractivity contribution is 6.16. The van der Waals surface area contributed by atoms with Gasteiger partial charge in [-0.25, -0.2) is 9.63 Å². The van der Waals surface area contributed by atoms with E-state index in [0.29, 0.717) is 5.56 Å². The zero-order valence-corrected chi connectivity index (χ0v) is 8.40. The Morgan fingerprint density at radius 2 is 1.88 bits per heavy atom. The molecule has 0 fully saturated rings. The summed E-state index contributed by atoms with van der Waals surface area (Å²) in [6.45, 7) is 0. The Bertz CT molecular complexity index is 479. The zero-order valence-electron chi connectivity index (χ0n) is 8.40. The Kier molecular flexibility index (Phi) is 3.93. The minimum Gasteiger partial charge on any atom is -0.477 e. The van der Waals surface area contributed by atoms with Gasteiger partial charge < -0.3 is 5.11 Å². The van der Waals surface area contributed by atoms with Crippen LogP contribution in [0.15, 0.2) is 35.9 Å². The van der Waals surface area contributed by atoms with Gasteiger partial charge in [-0.15, -0.1) is 10.1 Å². The highest BCUT2D eigenvalue weighted by Gasteiger charge is 2.20. The van der Waals surface area contributed by atoms with Crippen molar-refractivity contribution in [3.63, 3.8) is 0 Å². The van der Waals surface area contributed by atoms with E-state index in [1.165, 1.54) is 0 Å². The molecule has 0 atom stereocenters. The molecule has 1 aromatic rings. The lowest BCUT2D eigenvalue weighted by Crippen LogP contribution is -2.18. The summed E-state index contributed by atoms with van der Waals surface area (Å²) in [7, 11) is 0. The first-order valence-corrected chi connectivity index (χ1v) is 4.37. The molecule has 0 bridgehead atoms. The minimum atomic E-state index is -1.60. The van der Waals surface area contributed by atoms with Crippen LogP contribution in [0.25, 0.3) is 6.08 Å². The third-order valence-corrected chi connectivity index (χ3v) is 1.72. The number of carboxylic acids is 1. The lowest BCUT2D eigenvalue weighted by molar-refractivity contribution is -0.728. The number of benzene rings is 1. The molecule has 1 N–H and O–H groups in total. The third kappa shape index (κ3) is 3.74. The molecular weight excluding hydrogens is 230 g/mol. The summed E-state index contributed by atoms with van der Waals surface area (Å²) < 4.78 is 0. The van der Waals surface area contributed by atoms with Crippen LogP contribution in [0.2, 0.25) is 0 Å². The fraction of sp³-hybridized carbons (Fsp3) is 0. The van der Waals surface area contributed by atoms with Gasteiger partial charge in [-0.05, 0) is 11.6 Å². The van der Waals surface area contributed by atoms with Crippen molar-refractivity contribution in [2.24, 2.45) is 0 Å². The van der Waals surface area contributed by atoms with Crippen LogP contribution in [0, 0.1) is 10.1 Å². The van der Waals surface area contributed by atoms with Crippen LogP contribution in [-0.2, 0) is 14.4 Å². The Morgan fingerprint density at radius 3 is 2.35 bits per heavy atom. The second kappa shape index (κ2) is 5.40. The highest BCUT2D eigenvalue weighted by Crippen LogP contribution is 2.08. The van der Waals surface area contributed by atoms with E-state index in [9.17, 15) is 19.7 Å². The number of hydrogen-bond donors (Lipinski definition) is 1. The summed E-state index contributed by atoms with van der Waals surface area (Å²) in [5.74, 6) is -3.12. The average molecular weight is 237 g/mol. The van der Waals surface area contributed by atoms with Gasteiger partial charge in [0.15, 0.2) is 0 Å². The molecule has 1 rings (SSSR count). The smallest absolute Gasteiger partial charge is 0.341 e. The van der Waals surface area contributed by atoms with Crippen molar-refractivity contribution in [1.29, 1.82) is 0 Å². The normalized spacial score (nSPS) is 10.7. The average Bonchev–Trinajstić information content (AvgIpc) is 2.25. The predicted molar refractivity (Wildman–Crippen MR) is 55.1 cm³/mol. The maximum atomic E-state index is 11.1. The number of carbonyl (C=O) groups excluding carboxylic acids is 1. The van der Waals surface area contributed by atoms with Crippen molar-refractivity contribution in [3.8, 4) is 0 Å². The van der Waals surface area contributed by atoms with Crippen molar-refractivity contribution in [1.82, 2.24) is 0 Å². The topological polar surface area (TPSA) is 107 Å². The van der Waals surface area contributed by atoms with Crippen LogP contribution < -0.4 is 0 Å². The second-order valence-electron chi connectivity index (χ2n) is 2.88. The van der Waals surface area contributed by atoms with Crippen molar-refractivity contribution < 1.29 is 24.6 Å². The van der Waals surface area contributed by atoms with E-state index in [1.807, 2.05) is 0 Å². The Balaban J connectivity index is 3.02. The van der Waals surface area contributed by atoms with Crippen molar-refractivity contribution in [2.45, 2.75) is 0 Å². The van der Waals surface area contributed by atoms with Crippen LogP contribution in [0.3, 0.4) is 0 Å². The van der Waals surface area contributed by atoms with E-state index in [4.69, 9.17) is 5.11 Å². The van der Waals surface area contributed by atoms with E-state index in [0.717, 1.165) is 6.08 Å². The maximum Gasteiger partial charge on any atom is 0.341 e. The van der Waals surface area contributed by atoms with E-state index in [-0.39, 0.29) is 0 Å². The molecule has 7 heteroatoms. The lowest BCUT2D eigenvalue weighted by atomic mass is 10.1. The van der Waals surface area contributed by atoms with Gasteiger partial charge in [0.25, 0.3) is 0 Å². The maximum absolute atomic E-state index is 11.1. The first kappa shape index (κ1) is 12.4. The standard InChI is InChI=1S/C10H7NO6/c12-9(13)8(10(14)17-11(15)16)6-7-4-2-1-3-5-7/h1-6H,(H,12,13). The fourth-order valence-electron chi connectivity index (χ4n) is 1.04. The molecule has 7 nitrogen and oxygen atoms in total. The van der Waals surface area contributed by atoms with Gasteiger partial charge in [-0.3, -0.25) is 4.79 Å². The summed E-state index contributed by atoms with van der Waals surface area (Å²) in [5.41, 5.74) is -0.391. The molecule has 0 aliphatic rings. The Morgan fingerprint density at radius 1 is 1.29 bits per heavy atom. The van der Waals surface area contributed by atoms with E-state index >= 15 is 0 Å². The first-order valence-electron chi connectivity index (χ1n) is 4.37. The number of rotatable bonds is 4. The minimum absolute atomic E-state index is 0.421. The molecule has 0 unspecified atom stereocenters. The van der Waals surface area contributed by atoms with Gasteiger partial charge in [-0.2, -0.15) is 0 Å². The molecule has 0 heterocycles. The molecule has 0 saturated carbocycles. The van der Waals surface area contributed by atoms with E-state index in [1.54, 1.807) is 30.3 Å². The van der Waals surface area contributed by atoms with Gasteiger partial charge in [0.2, 0.25) is 0 Å². The molecule has 0 aliphatic heterocycles. The summed E-state index contributed by atoms with van der Waals surface area (Å²) >= 11 is 0. The van der Waals surface area contributed by atoms with Gasteiger partial charge in [0, 0.05) is 0 Å². The molecule has 88 valence electrons. The first-order chi connectivity index (χ1) is 8.00. The summed E-state index contributed by atoms with van der Waals surface area (Å²) in [6.07, 6.45) is 0.994. The number of carboxylic acid groups (broad SMARTS) is 1. The largest absolute Gasteiger partial charge is 0.477 e. The predicted octanol–water partition coefficient (Wildman–Crippen LogP) is 0.889. The highest BCUT2D eigenvalue weighted by atomic mass is 17.0. The Labute approximate surface area is 95.0 Å². The van der Waals surface area contributed by atoms with Gasteiger partial charge in [0.1, 0.15) is 5.57 Å². The third-order valence-electron chi connectivity index (χ3n) is 1.72. The fourth-order valence-corrected chi connectivity index (χ4v) is 1.04. The Hall–Kier alpha value is -2.70. The number of aliphatic carboxylic acids is 1. The zero-order chi connectivity index (χ0) is 12.8. The SMILES string of the molecule is O=C(O)C(=Cc1ccccc1)C(=O)O[N+](=O)[O-]. The summed E-state index contributed by atoms with van der Waals surface area (Å²) in [5, 5.41) is 17.3. The number of nitrogens with zero attached hydrogens (tertiary/aromatic N) is 1. The second-order valence-corrected chi connectivity index (χ2v) is 2.88. The monoisotopic (exact) mass is 237 g/mol. The summed E-state index contributed by atoms with van der Waals surface area (Å²) in [4.78, 5) is 35.3. The van der Waals surface area contributed by atoms with Crippen LogP contribution >= 0.6 is 0 Å². The van der Waals surface area contributed by atoms with Crippen molar-refractivity contribution >= 4 is 18.0 Å². The molecule has 0 amide bonds. The van der Waals surface area contributed by atoms with Gasteiger partial charge in [-0.1, -0.05) is 30.3 Å². The molecule has 17 heavy (non-hydrogen) atoms. The van der Waals surface area contributed by atoms with Crippen LogP contribution in [0.5, 0.6) is 0 Å². The lowest BCUT2D eigenvalue weighted by Gasteiger charge is -1.99. The molecular formula is C10H7NO6. The van der Waals surface area contributed by atoms with Gasteiger partial charge in [0.05, 0.1) is 0 Å². The van der Waals surface area contributed by atoms with Crippen molar-refractivity contribution in [2.75, 3.05) is 0 Å². The van der Waals surface area contributed by atoms with Crippen LogP contribution in [0.1, 0.15) is 5.56 Å². The summed E-state index contributed by atoms with van der Waals surface area (Å²) in [6, 6.07) is 8.05. The number of hydrogen-bond acceptors (Lipinski definition) is 5. The quantitative estimate of drug-likeness (QED) is 0.274. The molecule has 0 radical (unpaired) electrons. The molecule has 1 aromatic carbocycles. The van der Waals surface area contributed by atoms with Crippen molar-refractivity contribution in [3.05, 3.63) is 51.6 Å². The van der Waals surface area contributed by atoms with E-state index in [2.05, 4.69) is 4.84 Å². The van der Waals surface area contributed by atoms with Crippen LogP contribution in [-0.4, -0.2) is 22.1 Å². The number of carbonyl (C=O) groups is 2. The molecule has 0 aliphatic carbocycles. The molecule has 0 spiro atoms. The molecule has 0 saturated heterocycles. The van der Waals surface area contributed by atoms with Gasteiger partial charge >= 0.3 is 17.0 Å². The van der Waals surface area contributed by atoms with E-state index < -0.39 is 22.6 Å². The molecule has 0 aromatic heterocycles. The van der Waals surface area contributed by atoms with Crippen LogP contribution in [0.4, 0.5) is 0 Å².